The molecule has 0 saturated carbocycles. The molecule has 11 aromatic carbocycles. The molecule has 1 spiro atoms. The molecule has 0 aromatic heterocycles. The standard InChI is InChI=1S/C63H38N4/c64-39-41-23-28-47(29-24-41)66(45-13-3-1-4-14-45)49-32-27-43-36-57-60(37-44(43)35-49)63(58-21-11-9-18-52(58)53-19-10-12-22-59(53)63)62-55-34-33-50(38-56(55)51-17-7-8-20-54(51)61(57)62)67(46-15-5-2-6-16-46)48-30-25-42(40-65)26-31-48/h1-38H. The lowest BCUT2D eigenvalue weighted by atomic mass is 9.69. The fraction of sp³-hybridized carbons (Fsp3) is 0.0159. The molecule has 0 saturated heterocycles. The molecule has 0 N–H and O–H groups in total. The number of nitriles is 2. The predicted molar refractivity (Wildman–Crippen MR) is 274 cm³/mol. The fourth-order valence-corrected chi connectivity index (χ4v) is 11.3. The minimum atomic E-state index is -0.621. The highest BCUT2D eigenvalue weighted by atomic mass is 15.1. The van der Waals surface area contributed by atoms with E-state index in [1.165, 1.54) is 71.4 Å². The summed E-state index contributed by atoms with van der Waals surface area (Å²) in [6.45, 7) is 0. The van der Waals surface area contributed by atoms with Gasteiger partial charge >= 0.3 is 0 Å². The monoisotopic (exact) mass is 850 g/mol. The van der Waals surface area contributed by atoms with Crippen LogP contribution in [0.1, 0.15) is 33.4 Å². The van der Waals surface area contributed by atoms with Gasteiger partial charge in [-0.3, -0.25) is 0 Å². The molecule has 2 aliphatic rings. The topological polar surface area (TPSA) is 54.1 Å². The third-order valence-corrected chi connectivity index (χ3v) is 14.0. The van der Waals surface area contributed by atoms with E-state index in [1.54, 1.807) is 0 Å². The minimum absolute atomic E-state index is 0.621. The molecule has 0 bridgehead atoms. The summed E-state index contributed by atoms with van der Waals surface area (Å²) in [5.74, 6) is 0. The van der Waals surface area contributed by atoms with E-state index in [2.05, 4.69) is 192 Å². The largest absolute Gasteiger partial charge is 0.310 e. The van der Waals surface area contributed by atoms with Crippen molar-refractivity contribution in [2.45, 2.75) is 5.41 Å². The zero-order chi connectivity index (χ0) is 44.6. The summed E-state index contributed by atoms with van der Waals surface area (Å²) in [5, 5.41) is 26.5. The second-order valence-electron chi connectivity index (χ2n) is 17.5. The number of nitrogens with zero attached hydrogens (tertiary/aromatic N) is 4. The van der Waals surface area contributed by atoms with Gasteiger partial charge in [-0.05, 0) is 186 Å². The summed E-state index contributed by atoms with van der Waals surface area (Å²) in [6.07, 6.45) is 0. The minimum Gasteiger partial charge on any atom is -0.310 e. The Labute approximate surface area is 388 Å². The molecular weight excluding hydrogens is 813 g/mol. The van der Waals surface area contributed by atoms with Gasteiger partial charge < -0.3 is 9.80 Å². The molecule has 0 radical (unpaired) electrons. The summed E-state index contributed by atoms with van der Waals surface area (Å²) in [7, 11) is 0. The van der Waals surface area contributed by atoms with Crippen molar-refractivity contribution in [2.75, 3.05) is 9.80 Å². The van der Waals surface area contributed by atoms with Gasteiger partial charge in [-0.2, -0.15) is 10.5 Å². The number of hydrogen-bond donors (Lipinski definition) is 0. The zero-order valence-electron chi connectivity index (χ0n) is 36.2. The van der Waals surface area contributed by atoms with Crippen molar-refractivity contribution in [3.05, 3.63) is 264 Å². The summed E-state index contributed by atoms with van der Waals surface area (Å²) < 4.78 is 0. The van der Waals surface area contributed by atoms with Crippen LogP contribution in [0.2, 0.25) is 0 Å². The van der Waals surface area contributed by atoms with Crippen LogP contribution in [0.4, 0.5) is 34.1 Å². The van der Waals surface area contributed by atoms with Crippen molar-refractivity contribution < 1.29 is 0 Å². The molecule has 0 unspecified atom stereocenters. The Morgan fingerprint density at radius 1 is 0.313 bits per heavy atom. The Kier molecular flexibility index (Phi) is 8.52. The van der Waals surface area contributed by atoms with Gasteiger partial charge in [-0.15, -0.1) is 0 Å². The van der Waals surface area contributed by atoms with E-state index in [1.807, 2.05) is 60.7 Å². The molecule has 4 heteroatoms. The van der Waals surface area contributed by atoms with Gasteiger partial charge in [0.05, 0.1) is 28.7 Å². The second-order valence-corrected chi connectivity index (χ2v) is 17.5. The molecule has 0 atom stereocenters. The van der Waals surface area contributed by atoms with Crippen molar-refractivity contribution in [1.29, 1.82) is 10.5 Å². The van der Waals surface area contributed by atoms with E-state index < -0.39 is 5.41 Å². The van der Waals surface area contributed by atoms with Gasteiger partial charge in [0.1, 0.15) is 0 Å². The quantitative estimate of drug-likeness (QED) is 0.156. The first-order valence-corrected chi connectivity index (χ1v) is 22.6. The van der Waals surface area contributed by atoms with Crippen LogP contribution in [0.15, 0.2) is 231 Å². The molecule has 11 aromatic rings. The number of anilines is 6. The third-order valence-electron chi connectivity index (χ3n) is 14.0. The Bertz CT molecular complexity index is 3830. The maximum Gasteiger partial charge on any atom is 0.0991 e. The number of fused-ring (bicyclic) bond motifs is 16. The van der Waals surface area contributed by atoms with Crippen molar-refractivity contribution in [2.24, 2.45) is 0 Å². The number of benzene rings is 11. The lowest BCUT2D eigenvalue weighted by Crippen LogP contribution is -2.26. The molecule has 0 heterocycles. The van der Waals surface area contributed by atoms with Crippen LogP contribution in [0, 0.1) is 22.7 Å². The fourth-order valence-electron chi connectivity index (χ4n) is 11.3. The first-order valence-electron chi connectivity index (χ1n) is 22.6. The Hall–Kier alpha value is -9.22. The van der Waals surface area contributed by atoms with E-state index in [0.717, 1.165) is 39.5 Å². The van der Waals surface area contributed by atoms with Gasteiger partial charge in [-0.25, -0.2) is 0 Å². The van der Waals surface area contributed by atoms with Crippen LogP contribution < -0.4 is 9.80 Å². The molecule has 0 fully saturated rings. The maximum atomic E-state index is 9.69. The van der Waals surface area contributed by atoms with Crippen LogP contribution in [0.25, 0.3) is 54.6 Å². The maximum absolute atomic E-state index is 9.69. The molecule has 13 rings (SSSR count). The van der Waals surface area contributed by atoms with Crippen molar-refractivity contribution in [3.63, 3.8) is 0 Å². The lowest BCUT2D eigenvalue weighted by molar-refractivity contribution is 0.803. The molecule has 67 heavy (non-hydrogen) atoms. The van der Waals surface area contributed by atoms with Crippen molar-refractivity contribution in [3.8, 4) is 34.4 Å². The third kappa shape index (κ3) is 5.64. The normalized spacial score (nSPS) is 12.6. The van der Waals surface area contributed by atoms with E-state index in [0.29, 0.717) is 11.1 Å². The molecule has 4 nitrogen and oxygen atoms in total. The van der Waals surface area contributed by atoms with Gasteiger partial charge in [0.25, 0.3) is 0 Å². The number of para-hydroxylation sites is 2. The van der Waals surface area contributed by atoms with Crippen molar-refractivity contribution >= 4 is 66.4 Å². The van der Waals surface area contributed by atoms with Gasteiger partial charge in [0.2, 0.25) is 0 Å². The number of hydrogen-bond acceptors (Lipinski definition) is 4. The van der Waals surface area contributed by atoms with Gasteiger partial charge in [0.15, 0.2) is 0 Å². The highest BCUT2D eigenvalue weighted by molar-refractivity contribution is 6.21. The average Bonchev–Trinajstić information content (AvgIpc) is 3.86. The summed E-state index contributed by atoms with van der Waals surface area (Å²) in [5.41, 5.74) is 17.0. The van der Waals surface area contributed by atoms with E-state index >= 15 is 0 Å². The highest BCUT2D eigenvalue weighted by Gasteiger charge is 2.53. The van der Waals surface area contributed by atoms with Crippen LogP contribution in [-0.4, -0.2) is 0 Å². The SMILES string of the molecule is N#Cc1ccc(N(c2ccccc2)c2ccc3cc4c(cc3c2)C2(c3ccccc3-c3ccccc32)c2c-4c3ccccc3c3cc(N(c4ccccc4)c4ccc(C#N)cc4)ccc23)cc1. The summed E-state index contributed by atoms with van der Waals surface area (Å²) in [6, 6.07) is 86.9. The molecule has 310 valence electrons. The van der Waals surface area contributed by atoms with Crippen LogP contribution in [-0.2, 0) is 5.41 Å². The van der Waals surface area contributed by atoms with Crippen LogP contribution in [0.3, 0.4) is 0 Å². The summed E-state index contributed by atoms with van der Waals surface area (Å²) in [4.78, 5) is 4.56. The lowest BCUT2D eigenvalue weighted by Gasteiger charge is -2.32. The van der Waals surface area contributed by atoms with Crippen LogP contribution in [0.5, 0.6) is 0 Å². The van der Waals surface area contributed by atoms with Gasteiger partial charge in [-0.1, -0.05) is 121 Å². The van der Waals surface area contributed by atoms with E-state index in [9.17, 15) is 10.5 Å². The van der Waals surface area contributed by atoms with Gasteiger partial charge in [0, 0.05) is 34.1 Å². The Balaban J connectivity index is 1.10. The van der Waals surface area contributed by atoms with Crippen LogP contribution >= 0.6 is 0 Å². The Morgan fingerprint density at radius 2 is 0.791 bits per heavy atom. The first kappa shape index (κ1) is 38.3. The van der Waals surface area contributed by atoms with Crippen molar-refractivity contribution in [1.82, 2.24) is 0 Å². The molecular formula is C63H38N4. The average molecular weight is 851 g/mol. The second kappa shape index (κ2) is 14.9. The molecule has 0 aliphatic heterocycles. The number of rotatable bonds is 6. The highest BCUT2D eigenvalue weighted by Crippen LogP contribution is 2.66. The zero-order valence-corrected chi connectivity index (χ0v) is 36.2. The van der Waals surface area contributed by atoms with E-state index in [4.69, 9.17) is 0 Å². The Morgan fingerprint density at radius 3 is 1.37 bits per heavy atom. The molecule has 0 amide bonds. The first-order chi connectivity index (χ1) is 33.1. The van der Waals surface area contributed by atoms with E-state index in [-0.39, 0.29) is 0 Å². The molecule has 2 aliphatic carbocycles. The predicted octanol–water partition coefficient (Wildman–Crippen LogP) is 16.2. The smallest absolute Gasteiger partial charge is 0.0991 e. The summed E-state index contributed by atoms with van der Waals surface area (Å²) >= 11 is 0.